The molecular formula is C23H20N2O2. The van der Waals surface area contributed by atoms with E-state index in [0.29, 0.717) is 0 Å². The Labute approximate surface area is 158 Å². The van der Waals surface area contributed by atoms with E-state index in [1.807, 2.05) is 91.0 Å². The molecule has 0 spiro atoms. The van der Waals surface area contributed by atoms with E-state index in [1.54, 1.807) is 5.01 Å². The second kappa shape index (κ2) is 7.46. The lowest BCUT2D eigenvalue weighted by molar-refractivity contribution is -0.142. The molecule has 4 rings (SSSR count). The molecule has 0 amide bonds. The lowest BCUT2D eigenvalue weighted by atomic mass is 9.85. The van der Waals surface area contributed by atoms with Crippen molar-refractivity contribution in [3.05, 3.63) is 102 Å². The lowest BCUT2D eigenvalue weighted by Gasteiger charge is -2.26. The van der Waals surface area contributed by atoms with Gasteiger partial charge in [0.1, 0.15) is 0 Å². The molecule has 0 bridgehead atoms. The van der Waals surface area contributed by atoms with Gasteiger partial charge in [-0.25, -0.2) is 9.80 Å². The molecule has 4 heteroatoms. The van der Waals surface area contributed by atoms with E-state index < -0.39 is 6.04 Å². The Balaban J connectivity index is 1.89. The van der Waals surface area contributed by atoms with Gasteiger partial charge < -0.3 is 4.74 Å². The highest BCUT2D eigenvalue weighted by Crippen LogP contribution is 2.37. The molecule has 0 fully saturated rings. The Hall–Kier alpha value is -3.40. The number of hydrogen-bond donors (Lipinski definition) is 0. The highest BCUT2D eigenvalue weighted by atomic mass is 16.5. The van der Waals surface area contributed by atoms with Gasteiger partial charge in [0.25, 0.3) is 0 Å². The summed E-state index contributed by atoms with van der Waals surface area (Å²) in [4.78, 5) is 12.8. The van der Waals surface area contributed by atoms with Gasteiger partial charge >= 0.3 is 5.97 Å². The van der Waals surface area contributed by atoms with E-state index in [4.69, 9.17) is 9.84 Å². The van der Waals surface area contributed by atoms with Crippen LogP contribution in [-0.4, -0.2) is 24.8 Å². The number of rotatable bonds is 4. The molecule has 0 unspecified atom stereocenters. The summed E-state index contributed by atoms with van der Waals surface area (Å²) < 4.78 is 5.17. The number of nitrogens with zero attached hydrogens (tertiary/aromatic N) is 2. The molecule has 2 atom stereocenters. The van der Waals surface area contributed by atoms with E-state index in [2.05, 4.69) is 0 Å². The summed E-state index contributed by atoms with van der Waals surface area (Å²) in [6, 6.07) is 29.2. The Kier molecular flexibility index (Phi) is 4.71. The lowest BCUT2D eigenvalue weighted by Crippen LogP contribution is -2.40. The number of carbonyl (C=O) groups is 1. The predicted octanol–water partition coefficient (Wildman–Crippen LogP) is 4.24. The monoisotopic (exact) mass is 356 g/mol. The van der Waals surface area contributed by atoms with Gasteiger partial charge in [-0.2, -0.15) is 5.10 Å². The highest BCUT2D eigenvalue weighted by Gasteiger charge is 2.44. The maximum atomic E-state index is 12.8. The highest BCUT2D eigenvalue weighted by molar-refractivity contribution is 6.11. The number of carbonyl (C=O) groups excluding carboxylic acids is 1. The fraction of sp³-hybridized carbons (Fsp3) is 0.130. The van der Waals surface area contributed by atoms with Crippen molar-refractivity contribution >= 4 is 17.4 Å². The topological polar surface area (TPSA) is 41.9 Å². The van der Waals surface area contributed by atoms with Gasteiger partial charge in [0.05, 0.1) is 24.4 Å². The van der Waals surface area contributed by atoms with Crippen LogP contribution in [0.5, 0.6) is 0 Å². The number of methoxy groups -OCH3 is 1. The van der Waals surface area contributed by atoms with Crippen LogP contribution in [0.15, 0.2) is 96.1 Å². The average molecular weight is 356 g/mol. The van der Waals surface area contributed by atoms with Crippen LogP contribution in [0.25, 0.3) is 0 Å². The van der Waals surface area contributed by atoms with E-state index >= 15 is 0 Å². The molecule has 0 saturated heterocycles. The van der Waals surface area contributed by atoms with Crippen molar-refractivity contribution in [2.24, 2.45) is 5.10 Å². The summed E-state index contributed by atoms with van der Waals surface area (Å²) in [5, 5.41) is 6.67. The van der Waals surface area contributed by atoms with Crippen LogP contribution in [0, 0.1) is 0 Å². The molecule has 0 aromatic heterocycles. The standard InChI is InChI=1S/C23H20N2O2/c1-27-23(26)22-20(17-11-5-2-6-12-17)21(18-13-7-3-8-14-18)24-25(22)19-15-9-4-10-16-19/h2-16,20,22H,1H3/t20-,22-/m1/s1. The van der Waals surface area contributed by atoms with Crippen molar-refractivity contribution in [2.75, 3.05) is 12.1 Å². The fourth-order valence-corrected chi connectivity index (χ4v) is 3.53. The second-order valence-corrected chi connectivity index (χ2v) is 6.39. The molecule has 0 saturated carbocycles. The first-order valence-corrected chi connectivity index (χ1v) is 8.90. The van der Waals surface area contributed by atoms with Crippen molar-refractivity contribution in [1.29, 1.82) is 0 Å². The van der Waals surface area contributed by atoms with Crippen LogP contribution in [0.3, 0.4) is 0 Å². The number of para-hydroxylation sites is 1. The Morgan fingerprint density at radius 2 is 1.41 bits per heavy atom. The Bertz CT molecular complexity index is 940. The van der Waals surface area contributed by atoms with Gasteiger partial charge in [-0.05, 0) is 23.3 Å². The predicted molar refractivity (Wildman–Crippen MR) is 107 cm³/mol. The summed E-state index contributed by atoms with van der Waals surface area (Å²) in [5.41, 5.74) is 3.76. The SMILES string of the molecule is COC(=O)[C@H]1[C@H](c2ccccc2)C(c2ccccc2)=NN1c1ccccc1. The van der Waals surface area contributed by atoms with Gasteiger partial charge in [0.2, 0.25) is 0 Å². The molecule has 1 aliphatic heterocycles. The van der Waals surface area contributed by atoms with Crippen molar-refractivity contribution in [1.82, 2.24) is 0 Å². The number of hydrogen-bond acceptors (Lipinski definition) is 4. The summed E-state index contributed by atoms with van der Waals surface area (Å²) in [6.07, 6.45) is 0. The quantitative estimate of drug-likeness (QED) is 0.657. The first kappa shape index (κ1) is 17.0. The minimum atomic E-state index is -0.560. The van der Waals surface area contributed by atoms with Gasteiger partial charge in [-0.3, -0.25) is 0 Å². The zero-order chi connectivity index (χ0) is 18.6. The second-order valence-electron chi connectivity index (χ2n) is 6.39. The molecule has 4 nitrogen and oxygen atoms in total. The van der Waals surface area contributed by atoms with Crippen LogP contribution in [0.1, 0.15) is 17.0 Å². The normalized spacial score (nSPS) is 18.9. The summed E-state index contributed by atoms with van der Waals surface area (Å²) >= 11 is 0. The fourth-order valence-electron chi connectivity index (χ4n) is 3.53. The summed E-state index contributed by atoms with van der Waals surface area (Å²) in [6.45, 7) is 0. The average Bonchev–Trinajstić information content (AvgIpc) is 3.16. The number of benzene rings is 3. The molecule has 1 heterocycles. The molecule has 0 radical (unpaired) electrons. The first-order valence-electron chi connectivity index (χ1n) is 8.90. The third-order valence-corrected chi connectivity index (χ3v) is 4.78. The van der Waals surface area contributed by atoms with Gasteiger partial charge in [-0.15, -0.1) is 0 Å². The van der Waals surface area contributed by atoms with Crippen molar-refractivity contribution in [2.45, 2.75) is 12.0 Å². The summed E-state index contributed by atoms with van der Waals surface area (Å²) in [7, 11) is 1.42. The van der Waals surface area contributed by atoms with Crippen molar-refractivity contribution < 1.29 is 9.53 Å². The van der Waals surface area contributed by atoms with Gasteiger partial charge in [-0.1, -0.05) is 78.9 Å². The van der Waals surface area contributed by atoms with Gasteiger partial charge in [0.15, 0.2) is 6.04 Å². The molecule has 1 aliphatic rings. The number of hydrazone groups is 1. The first-order chi connectivity index (χ1) is 13.3. The maximum absolute atomic E-state index is 12.8. The third-order valence-electron chi connectivity index (χ3n) is 4.78. The molecule has 3 aromatic rings. The number of esters is 1. The Morgan fingerprint density at radius 1 is 0.852 bits per heavy atom. The number of anilines is 1. The van der Waals surface area contributed by atoms with E-state index in [0.717, 1.165) is 22.5 Å². The number of ether oxygens (including phenoxy) is 1. The van der Waals surface area contributed by atoms with Gasteiger partial charge in [0, 0.05) is 0 Å². The Morgan fingerprint density at radius 3 is 2.00 bits per heavy atom. The molecule has 27 heavy (non-hydrogen) atoms. The minimum absolute atomic E-state index is 0.221. The molecule has 0 N–H and O–H groups in total. The van der Waals surface area contributed by atoms with E-state index in [-0.39, 0.29) is 11.9 Å². The maximum Gasteiger partial charge on any atom is 0.331 e. The smallest absolute Gasteiger partial charge is 0.331 e. The zero-order valence-electron chi connectivity index (χ0n) is 15.0. The van der Waals surface area contributed by atoms with Crippen LogP contribution in [0.2, 0.25) is 0 Å². The van der Waals surface area contributed by atoms with Crippen LogP contribution >= 0.6 is 0 Å². The van der Waals surface area contributed by atoms with Crippen molar-refractivity contribution in [3.8, 4) is 0 Å². The molecule has 0 aliphatic carbocycles. The van der Waals surface area contributed by atoms with Crippen LogP contribution in [-0.2, 0) is 9.53 Å². The van der Waals surface area contributed by atoms with Crippen LogP contribution < -0.4 is 5.01 Å². The third kappa shape index (κ3) is 3.22. The van der Waals surface area contributed by atoms with Crippen LogP contribution in [0.4, 0.5) is 5.69 Å². The van der Waals surface area contributed by atoms with Crippen molar-refractivity contribution in [3.63, 3.8) is 0 Å². The van der Waals surface area contributed by atoms with E-state index in [1.165, 1.54) is 7.11 Å². The zero-order valence-corrected chi connectivity index (χ0v) is 15.0. The minimum Gasteiger partial charge on any atom is -0.467 e. The molecule has 134 valence electrons. The van der Waals surface area contributed by atoms with E-state index in [9.17, 15) is 4.79 Å². The largest absolute Gasteiger partial charge is 0.467 e. The summed E-state index contributed by atoms with van der Waals surface area (Å²) in [5.74, 6) is -0.524. The molecular weight excluding hydrogens is 336 g/mol. The molecule has 3 aromatic carbocycles.